The molecule has 0 fully saturated rings. The number of hydrogen-bond acceptors (Lipinski definition) is 1. The van der Waals surface area contributed by atoms with Gasteiger partial charge in [-0.25, -0.2) is 0 Å². The highest BCUT2D eigenvalue weighted by molar-refractivity contribution is 6.19. The highest BCUT2D eigenvalue weighted by Crippen LogP contribution is 2.25. The minimum absolute atomic E-state index is 0.200. The Morgan fingerprint density at radius 2 is 1.93 bits per heavy atom. The number of phenols is 1. The molecular formula is C13H9ClO. The van der Waals surface area contributed by atoms with Gasteiger partial charge in [0.15, 0.2) is 0 Å². The number of rotatable bonds is 0. The molecule has 0 aliphatic heterocycles. The predicted molar refractivity (Wildman–Crippen MR) is 63.2 cm³/mol. The van der Waals surface area contributed by atoms with Gasteiger partial charge in [0.25, 0.3) is 0 Å². The van der Waals surface area contributed by atoms with Crippen molar-refractivity contribution in [3.63, 3.8) is 0 Å². The Hall–Kier alpha value is -1.65. The molecule has 0 aromatic heterocycles. The second-order valence-corrected chi connectivity index (χ2v) is 3.38. The van der Waals surface area contributed by atoms with Crippen LogP contribution in [0.2, 0.25) is 0 Å². The lowest BCUT2D eigenvalue weighted by atomic mass is 10.0. The topological polar surface area (TPSA) is 20.2 Å². The molecule has 0 aliphatic rings. The summed E-state index contributed by atoms with van der Waals surface area (Å²) in [7, 11) is 0. The molecule has 1 N–H and O–H groups in total. The van der Waals surface area contributed by atoms with E-state index in [1.165, 1.54) is 0 Å². The van der Waals surface area contributed by atoms with Crippen LogP contribution < -0.4 is 0 Å². The fourth-order valence-corrected chi connectivity index (χ4v) is 1.58. The van der Waals surface area contributed by atoms with Gasteiger partial charge in [0.05, 0.1) is 11.4 Å². The smallest absolute Gasteiger partial charge is 0.131 e. The number of fused-ring (bicyclic) bond motifs is 1. The third-order valence-corrected chi connectivity index (χ3v) is 2.32. The van der Waals surface area contributed by atoms with Gasteiger partial charge in [0.1, 0.15) is 5.75 Å². The zero-order valence-corrected chi connectivity index (χ0v) is 8.75. The number of aromatic hydroxyl groups is 1. The van der Waals surface area contributed by atoms with Crippen LogP contribution in [-0.4, -0.2) is 11.0 Å². The van der Waals surface area contributed by atoms with Crippen LogP contribution in [-0.2, 0) is 0 Å². The van der Waals surface area contributed by atoms with Crippen molar-refractivity contribution in [1.29, 1.82) is 0 Å². The van der Waals surface area contributed by atoms with E-state index in [9.17, 15) is 5.11 Å². The fraction of sp³-hybridized carbons (Fsp3) is 0.0769. The average Bonchev–Trinajstić information content (AvgIpc) is 2.28. The third kappa shape index (κ3) is 1.91. The molecule has 15 heavy (non-hydrogen) atoms. The summed E-state index contributed by atoms with van der Waals surface area (Å²) in [6.07, 6.45) is 0. The molecule has 0 amide bonds. The second-order valence-electron chi connectivity index (χ2n) is 3.12. The van der Waals surface area contributed by atoms with Crippen LogP contribution in [0.1, 0.15) is 5.56 Å². The van der Waals surface area contributed by atoms with Crippen molar-refractivity contribution in [3.8, 4) is 17.6 Å². The van der Waals surface area contributed by atoms with Crippen molar-refractivity contribution in [2.45, 2.75) is 0 Å². The van der Waals surface area contributed by atoms with E-state index in [-0.39, 0.29) is 11.6 Å². The third-order valence-electron chi connectivity index (χ3n) is 2.19. The van der Waals surface area contributed by atoms with E-state index in [1.54, 1.807) is 6.07 Å². The van der Waals surface area contributed by atoms with Crippen LogP contribution in [0.15, 0.2) is 36.4 Å². The Morgan fingerprint density at radius 3 is 2.73 bits per heavy atom. The van der Waals surface area contributed by atoms with Gasteiger partial charge in [0.2, 0.25) is 0 Å². The molecule has 0 saturated heterocycles. The first-order valence-electron chi connectivity index (χ1n) is 4.58. The Balaban J connectivity index is 2.74. The molecule has 2 aromatic carbocycles. The number of hydrogen-bond donors (Lipinski definition) is 1. The van der Waals surface area contributed by atoms with Crippen molar-refractivity contribution < 1.29 is 5.11 Å². The first-order valence-corrected chi connectivity index (χ1v) is 5.12. The van der Waals surface area contributed by atoms with E-state index in [2.05, 4.69) is 11.8 Å². The minimum atomic E-state index is 0.200. The maximum atomic E-state index is 9.69. The van der Waals surface area contributed by atoms with Gasteiger partial charge < -0.3 is 5.11 Å². The molecule has 0 atom stereocenters. The molecule has 0 heterocycles. The zero-order valence-electron chi connectivity index (χ0n) is 8.00. The molecule has 0 bridgehead atoms. The van der Waals surface area contributed by atoms with Crippen LogP contribution in [0.4, 0.5) is 0 Å². The van der Waals surface area contributed by atoms with E-state index in [4.69, 9.17) is 11.6 Å². The summed E-state index contributed by atoms with van der Waals surface area (Å²) in [5.41, 5.74) is 0.647. The molecule has 0 saturated carbocycles. The van der Waals surface area contributed by atoms with Gasteiger partial charge in [0, 0.05) is 5.39 Å². The Bertz CT molecular complexity index is 549. The number of benzene rings is 2. The quantitative estimate of drug-likeness (QED) is 0.530. The van der Waals surface area contributed by atoms with Crippen molar-refractivity contribution in [2.75, 3.05) is 5.88 Å². The van der Waals surface area contributed by atoms with E-state index >= 15 is 0 Å². The maximum absolute atomic E-state index is 9.69. The molecule has 2 heteroatoms. The Labute approximate surface area is 93.3 Å². The SMILES string of the molecule is Oc1ccc2ccccc2c1C#CCCl. The summed E-state index contributed by atoms with van der Waals surface area (Å²) in [5, 5.41) is 11.7. The molecule has 74 valence electrons. The predicted octanol–water partition coefficient (Wildman–Crippen LogP) is 3.14. The van der Waals surface area contributed by atoms with Gasteiger partial charge >= 0.3 is 0 Å². The average molecular weight is 217 g/mol. The largest absolute Gasteiger partial charge is 0.507 e. The summed E-state index contributed by atoms with van der Waals surface area (Å²) in [6.45, 7) is 0. The summed E-state index contributed by atoms with van der Waals surface area (Å²) in [6, 6.07) is 11.3. The highest BCUT2D eigenvalue weighted by atomic mass is 35.5. The number of phenolic OH excluding ortho intramolecular Hbond substituents is 1. The van der Waals surface area contributed by atoms with Gasteiger partial charge in [-0.05, 0) is 11.5 Å². The molecule has 2 rings (SSSR count). The lowest BCUT2D eigenvalue weighted by Crippen LogP contribution is -1.81. The van der Waals surface area contributed by atoms with E-state index in [0.717, 1.165) is 10.8 Å². The summed E-state index contributed by atoms with van der Waals surface area (Å²) in [5.74, 6) is 6.09. The number of alkyl halides is 1. The van der Waals surface area contributed by atoms with E-state index < -0.39 is 0 Å². The van der Waals surface area contributed by atoms with Crippen LogP contribution >= 0.6 is 11.6 Å². The molecule has 0 spiro atoms. The number of halogens is 1. The first-order chi connectivity index (χ1) is 7.33. The fourth-order valence-electron chi connectivity index (χ4n) is 1.51. The molecule has 2 aromatic rings. The Kier molecular flexibility index (Phi) is 2.80. The van der Waals surface area contributed by atoms with Crippen molar-refractivity contribution in [1.82, 2.24) is 0 Å². The van der Waals surface area contributed by atoms with E-state index in [0.29, 0.717) is 5.56 Å². The second kappa shape index (κ2) is 4.25. The maximum Gasteiger partial charge on any atom is 0.131 e. The molecule has 1 nitrogen and oxygen atoms in total. The zero-order chi connectivity index (χ0) is 10.7. The van der Waals surface area contributed by atoms with Gasteiger partial charge in [-0.3, -0.25) is 0 Å². The van der Waals surface area contributed by atoms with Crippen molar-refractivity contribution in [3.05, 3.63) is 42.0 Å². The minimum Gasteiger partial charge on any atom is -0.507 e. The lowest BCUT2D eigenvalue weighted by Gasteiger charge is -2.02. The van der Waals surface area contributed by atoms with Crippen LogP contribution in [0.5, 0.6) is 5.75 Å². The summed E-state index contributed by atoms with van der Waals surface area (Å²) in [4.78, 5) is 0. The van der Waals surface area contributed by atoms with Gasteiger partial charge in [-0.15, -0.1) is 11.6 Å². The molecule has 0 unspecified atom stereocenters. The van der Waals surface area contributed by atoms with Crippen LogP contribution in [0.25, 0.3) is 10.8 Å². The first kappa shape index (κ1) is 9.89. The molecular weight excluding hydrogens is 208 g/mol. The van der Waals surface area contributed by atoms with Gasteiger partial charge in [-0.1, -0.05) is 42.2 Å². The standard InChI is InChI=1S/C13H9ClO/c14-9-3-6-12-11-5-2-1-4-10(11)7-8-13(12)15/h1-2,4-5,7-8,15H,9H2. The normalized spacial score (nSPS) is 9.67. The van der Waals surface area contributed by atoms with Gasteiger partial charge in [-0.2, -0.15) is 0 Å². The summed E-state index contributed by atoms with van der Waals surface area (Å²) < 4.78 is 0. The monoisotopic (exact) mass is 216 g/mol. The van der Waals surface area contributed by atoms with Crippen molar-refractivity contribution >= 4 is 22.4 Å². The van der Waals surface area contributed by atoms with Crippen LogP contribution in [0, 0.1) is 11.8 Å². The molecule has 0 radical (unpaired) electrons. The Morgan fingerprint density at radius 1 is 1.13 bits per heavy atom. The molecule has 0 aliphatic carbocycles. The van der Waals surface area contributed by atoms with E-state index in [1.807, 2.05) is 30.3 Å². The van der Waals surface area contributed by atoms with Crippen LogP contribution in [0.3, 0.4) is 0 Å². The lowest BCUT2D eigenvalue weighted by molar-refractivity contribution is 0.474. The summed E-state index contributed by atoms with van der Waals surface area (Å²) >= 11 is 5.50. The van der Waals surface area contributed by atoms with Crippen molar-refractivity contribution in [2.24, 2.45) is 0 Å². The highest BCUT2D eigenvalue weighted by Gasteiger charge is 2.02.